The van der Waals surface area contributed by atoms with Crippen molar-refractivity contribution in [3.8, 4) is 0 Å². The molecule has 0 unspecified atom stereocenters. The van der Waals surface area contributed by atoms with E-state index >= 15 is 0 Å². The van der Waals surface area contributed by atoms with Crippen LogP contribution in [0.25, 0.3) is 0 Å². The molecular weight excluding hydrogens is 208 g/mol. The number of nitrogens with one attached hydrogen (secondary N) is 1. The zero-order valence-electron chi connectivity index (χ0n) is 9.56. The molecule has 0 amide bonds. The molecule has 0 saturated heterocycles. The summed E-state index contributed by atoms with van der Waals surface area (Å²) in [6.07, 6.45) is 5.09. The lowest BCUT2D eigenvalue weighted by atomic mass is 9.70. The van der Waals surface area contributed by atoms with Gasteiger partial charge in [-0.05, 0) is 28.2 Å². The second-order valence-corrected chi connectivity index (χ2v) is 4.80. The average molecular weight is 224 g/mol. The van der Waals surface area contributed by atoms with E-state index in [-0.39, 0.29) is 11.2 Å². The second-order valence-electron chi connectivity index (χ2n) is 4.80. The van der Waals surface area contributed by atoms with Gasteiger partial charge in [0, 0.05) is 13.6 Å². The third-order valence-electron chi connectivity index (χ3n) is 3.33. The first-order valence-electron chi connectivity index (χ1n) is 5.41. The highest BCUT2D eigenvalue weighted by molar-refractivity contribution is 5.52. The minimum absolute atomic E-state index is 0.0922. The topological polar surface area (TPSA) is 73.0 Å². The van der Waals surface area contributed by atoms with Gasteiger partial charge in [-0.3, -0.25) is 4.57 Å². The number of nitrogens with zero attached hydrogens (tertiary/aromatic N) is 3. The summed E-state index contributed by atoms with van der Waals surface area (Å²) >= 11 is 0. The van der Waals surface area contributed by atoms with Gasteiger partial charge in [0.05, 0.1) is 0 Å². The van der Waals surface area contributed by atoms with Gasteiger partial charge in [0.15, 0.2) is 0 Å². The normalized spacial score (nSPS) is 17.9. The van der Waals surface area contributed by atoms with E-state index in [4.69, 9.17) is 0 Å². The maximum atomic E-state index is 10.7. The predicted molar refractivity (Wildman–Crippen MR) is 60.3 cm³/mol. The standard InChI is InChI=1S/C10H16N4O2/c1-10(4-3-5-10)6-11-8-9(14(15)16)12-7-13(8)2/h7,11H,3-6H2,1-2H3. The molecule has 1 aromatic heterocycles. The Kier molecular flexibility index (Phi) is 2.57. The van der Waals surface area contributed by atoms with Crippen LogP contribution in [0.15, 0.2) is 6.33 Å². The fraction of sp³-hybridized carbons (Fsp3) is 0.700. The molecule has 1 saturated carbocycles. The molecule has 1 N–H and O–H groups in total. The van der Waals surface area contributed by atoms with E-state index in [1.165, 1.54) is 25.6 Å². The highest BCUT2D eigenvalue weighted by atomic mass is 16.6. The summed E-state index contributed by atoms with van der Waals surface area (Å²) in [6, 6.07) is 0. The van der Waals surface area contributed by atoms with Gasteiger partial charge in [0.1, 0.15) is 0 Å². The van der Waals surface area contributed by atoms with E-state index in [1.54, 1.807) is 11.6 Å². The first kappa shape index (κ1) is 10.9. The number of hydrogen-bond donors (Lipinski definition) is 1. The minimum atomic E-state index is -0.453. The zero-order valence-corrected chi connectivity index (χ0v) is 9.56. The number of hydrogen-bond acceptors (Lipinski definition) is 4. The van der Waals surface area contributed by atoms with Gasteiger partial charge >= 0.3 is 5.82 Å². The number of aromatic nitrogens is 2. The predicted octanol–water partition coefficient (Wildman–Crippen LogP) is 1.93. The van der Waals surface area contributed by atoms with Crippen LogP contribution in [0.3, 0.4) is 0 Å². The van der Waals surface area contributed by atoms with Crippen molar-refractivity contribution in [2.75, 3.05) is 11.9 Å². The summed E-state index contributed by atoms with van der Waals surface area (Å²) in [4.78, 5) is 14.0. The van der Waals surface area contributed by atoms with Crippen LogP contribution in [-0.4, -0.2) is 21.0 Å². The van der Waals surface area contributed by atoms with Crippen molar-refractivity contribution >= 4 is 11.6 Å². The maximum Gasteiger partial charge on any atom is 0.406 e. The largest absolute Gasteiger partial charge is 0.406 e. The van der Waals surface area contributed by atoms with Crippen molar-refractivity contribution in [3.05, 3.63) is 16.4 Å². The van der Waals surface area contributed by atoms with Crippen LogP contribution in [0.1, 0.15) is 26.2 Å². The van der Waals surface area contributed by atoms with Crippen molar-refractivity contribution in [2.45, 2.75) is 26.2 Å². The highest BCUT2D eigenvalue weighted by Gasteiger charge is 2.32. The number of imidazole rings is 1. The lowest BCUT2D eigenvalue weighted by Crippen LogP contribution is -2.33. The third kappa shape index (κ3) is 1.87. The summed E-state index contributed by atoms with van der Waals surface area (Å²) in [5, 5.41) is 13.9. The Morgan fingerprint density at radius 2 is 2.38 bits per heavy atom. The van der Waals surface area contributed by atoms with E-state index in [0.29, 0.717) is 5.82 Å². The van der Waals surface area contributed by atoms with E-state index in [1.807, 2.05) is 0 Å². The van der Waals surface area contributed by atoms with Gasteiger partial charge in [-0.15, -0.1) is 0 Å². The fourth-order valence-electron chi connectivity index (χ4n) is 2.01. The molecule has 1 aliphatic carbocycles. The molecule has 2 rings (SSSR count). The molecule has 1 aromatic rings. The van der Waals surface area contributed by atoms with Crippen molar-refractivity contribution < 1.29 is 4.92 Å². The van der Waals surface area contributed by atoms with Gasteiger partial charge in [0.25, 0.3) is 0 Å². The van der Waals surface area contributed by atoms with E-state index in [2.05, 4.69) is 17.2 Å². The molecule has 0 atom stereocenters. The minimum Gasteiger partial charge on any atom is -0.364 e. The molecular formula is C10H16N4O2. The van der Waals surface area contributed by atoms with Crippen LogP contribution >= 0.6 is 0 Å². The number of anilines is 1. The second kappa shape index (κ2) is 3.77. The molecule has 16 heavy (non-hydrogen) atoms. The maximum absolute atomic E-state index is 10.7. The molecule has 6 nitrogen and oxygen atoms in total. The summed E-state index contributed by atoms with van der Waals surface area (Å²) in [7, 11) is 1.76. The molecule has 0 radical (unpaired) electrons. The molecule has 88 valence electrons. The monoisotopic (exact) mass is 224 g/mol. The Morgan fingerprint density at radius 3 is 2.88 bits per heavy atom. The zero-order chi connectivity index (χ0) is 11.8. The van der Waals surface area contributed by atoms with Crippen molar-refractivity contribution in [1.29, 1.82) is 0 Å². The molecule has 0 spiro atoms. The number of rotatable bonds is 4. The quantitative estimate of drug-likeness (QED) is 0.626. The molecule has 1 aliphatic rings. The Hall–Kier alpha value is -1.59. The molecule has 6 heteroatoms. The first-order chi connectivity index (χ1) is 7.52. The van der Waals surface area contributed by atoms with Crippen LogP contribution in [-0.2, 0) is 7.05 Å². The van der Waals surface area contributed by atoms with E-state index in [9.17, 15) is 10.1 Å². The van der Waals surface area contributed by atoms with E-state index < -0.39 is 4.92 Å². The Labute approximate surface area is 93.8 Å². The van der Waals surface area contributed by atoms with Crippen molar-refractivity contribution in [1.82, 2.24) is 9.55 Å². The van der Waals surface area contributed by atoms with Crippen LogP contribution in [0.2, 0.25) is 0 Å². The lowest BCUT2D eigenvalue weighted by molar-refractivity contribution is -0.388. The SMILES string of the molecule is Cn1cnc([N+](=O)[O-])c1NCC1(C)CCC1. The summed E-state index contributed by atoms with van der Waals surface area (Å²) < 4.78 is 1.65. The van der Waals surface area contributed by atoms with Gasteiger partial charge in [-0.1, -0.05) is 13.3 Å². The van der Waals surface area contributed by atoms with Crippen LogP contribution in [0.5, 0.6) is 0 Å². The van der Waals surface area contributed by atoms with Crippen LogP contribution < -0.4 is 5.32 Å². The molecule has 0 aromatic carbocycles. The summed E-state index contributed by atoms with van der Waals surface area (Å²) in [5.41, 5.74) is 0.290. The first-order valence-corrected chi connectivity index (χ1v) is 5.41. The van der Waals surface area contributed by atoms with Gasteiger partial charge in [-0.2, -0.15) is 0 Å². The summed E-state index contributed by atoms with van der Waals surface area (Å²) in [5.74, 6) is 0.406. The molecule has 1 heterocycles. The highest BCUT2D eigenvalue weighted by Crippen LogP contribution is 2.40. The molecule has 0 aliphatic heterocycles. The number of aryl methyl sites for hydroxylation is 1. The fourth-order valence-corrected chi connectivity index (χ4v) is 2.01. The van der Waals surface area contributed by atoms with E-state index in [0.717, 1.165) is 6.54 Å². The van der Waals surface area contributed by atoms with Crippen LogP contribution in [0.4, 0.5) is 11.6 Å². The Balaban J connectivity index is 2.08. The summed E-state index contributed by atoms with van der Waals surface area (Å²) in [6.45, 7) is 2.97. The van der Waals surface area contributed by atoms with Gasteiger partial charge < -0.3 is 15.4 Å². The van der Waals surface area contributed by atoms with Gasteiger partial charge in [0.2, 0.25) is 12.1 Å². The third-order valence-corrected chi connectivity index (χ3v) is 3.33. The molecule has 0 bridgehead atoms. The molecule has 1 fully saturated rings. The van der Waals surface area contributed by atoms with Crippen LogP contribution in [0, 0.1) is 15.5 Å². The average Bonchev–Trinajstić information content (AvgIpc) is 2.54. The van der Waals surface area contributed by atoms with Crippen molar-refractivity contribution in [2.24, 2.45) is 12.5 Å². The van der Waals surface area contributed by atoms with Gasteiger partial charge in [-0.25, -0.2) is 0 Å². The number of nitro groups is 1. The smallest absolute Gasteiger partial charge is 0.364 e. The Morgan fingerprint density at radius 1 is 1.69 bits per heavy atom. The van der Waals surface area contributed by atoms with Crippen molar-refractivity contribution in [3.63, 3.8) is 0 Å². The Bertz CT molecular complexity index is 409. The lowest BCUT2D eigenvalue weighted by Gasteiger charge is -2.38.